The molecular formula is C24H40N2O3. The van der Waals surface area contributed by atoms with Crippen LogP contribution in [0.1, 0.15) is 95.5 Å². The Hall–Kier alpha value is -2.04. The van der Waals surface area contributed by atoms with Crippen LogP contribution in [0.25, 0.3) is 0 Å². The standard InChI is InChI=1S/C24H40N2O3/c27-23(28)19-15-10-8-6-4-2-1-3-5-7-9-11-16-20-25-24(29)26-21-22-17-13-12-14-18-22/h12-14,17-18H,1-11,15-16,19-21H2,(H,27,28)(H2,25,26,29). The van der Waals surface area contributed by atoms with E-state index in [0.717, 1.165) is 31.4 Å². The van der Waals surface area contributed by atoms with E-state index in [1.54, 1.807) is 0 Å². The number of aliphatic carboxylic acids is 1. The lowest BCUT2D eigenvalue weighted by Gasteiger charge is -2.07. The molecule has 0 aliphatic carbocycles. The summed E-state index contributed by atoms with van der Waals surface area (Å²) in [6.45, 7) is 1.31. The minimum Gasteiger partial charge on any atom is -0.481 e. The molecule has 1 aromatic carbocycles. The van der Waals surface area contributed by atoms with Crippen molar-refractivity contribution in [2.24, 2.45) is 0 Å². The number of carbonyl (C=O) groups excluding carboxylic acids is 1. The summed E-state index contributed by atoms with van der Waals surface area (Å²) in [5, 5.41) is 14.4. The zero-order valence-electron chi connectivity index (χ0n) is 18.0. The van der Waals surface area contributed by atoms with Gasteiger partial charge >= 0.3 is 12.0 Å². The Morgan fingerprint density at radius 1 is 0.655 bits per heavy atom. The molecule has 0 saturated carbocycles. The molecule has 0 fully saturated rings. The van der Waals surface area contributed by atoms with Crippen LogP contribution in [0.3, 0.4) is 0 Å². The van der Waals surface area contributed by atoms with Gasteiger partial charge in [-0.3, -0.25) is 4.79 Å². The normalized spacial score (nSPS) is 10.6. The van der Waals surface area contributed by atoms with Gasteiger partial charge in [0.05, 0.1) is 0 Å². The van der Waals surface area contributed by atoms with Crippen LogP contribution in [0.15, 0.2) is 30.3 Å². The minimum absolute atomic E-state index is 0.0873. The average molecular weight is 405 g/mol. The molecule has 0 saturated heterocycles. The van der Waals surface area contributed by atoms with Crippen LogP contribution in [0.5, 0.6) is 0 Å². The molecule has 0 atom stereocenters. The maximum Gasteiger partial charge on any atom is 0.315 e. The second-order valence-electron chi connectivity index (χ2n) is 7.83. The molecule has 0 aromatic heterocycles. The molecule has 0 aliphatic rings. The molecule has 1 rings (SSSR count). The maximum atomic E-state index is 11.7. The number of rotatable bonds is 18. The predicted octanol–water partition coefficient (Wildman–Crippen LogP) is 6.03. The first-order chi connectivity index (χ1) is 14.2. The Labute approximate surface area is 176 Å². The zero-order chi connectivity index (χ0) is 21.0. The van der Waals surface area contributed by atoms with Crippen molar-refractivity contribution in [2.45, 2.75) is 96.4 Å². The molecule has 0 unspecified atom stereocenters. The summed E-state index contributed by atoms with van der Waals surface area (Å²) in [5.74, 6) is -0.675. The molecule has 0 spiro atoms. The third-order valence-electron chi connectivity index (χ3n) is 5.15. The van der Waals surface area contributed by atoms with Gasteiger partial charge in [0.25, 0.3) is 0 Å². The van der Waals surface area contributed by atoms with E-state index in [9.17, 15) is 9.59 Å². The smallest absolute Gasteiger partial charge is 0.315 e. The van der Waals surface area contributed by atoms with Gasteiger partial charge in [0.15, 0.2) is 0 Å². The van der Waals surface area contributed by atoms with E-state index in [4.69, 9.17) is 5.11 Å². The Bertz CT molecular complexity index is 534. The summed E-state index contributed by atoms with van der Waals surface area (Å²) in [7, 11) is 0. The van der Waals surface area contributed by atoms with E-state index in [2.05, 4.69) is 10.6 Å². The van der Waals surface area contributed by atoms with Crippen LogP contribution in [0, 0.1) is 0 Å². The van der Waals surface area contributed by atoms with E-state index >= 15 is 0 Å². The van der Waals surface area contributed by atoms with E-state index in [-0.39, 0.29) is 6.03 Å². The fraction of sp³-hybridized carbons (Fsp3) is 0.667. The summed E-state index contributed by atoms with van der Waals surface area (Å²) < 4.78 is 0. The Balaban J connectivity index is 1.75. The van der Waals surface area contributed by atoms with Crippen molar-refractivity contribution in [1.29, 1.82) is 0 Å². The molecule has 3 N–H and O–H groups in total. The van der Waals surface area contributed by atoms with Crippen LogP contribution in [0.4, 0.5) is 4.79 Å². The van der Waals surface area contributed by atoms with Crippen molar-refractivity contribution < 1.29 is 14.7 Å². The first kappa shape index (κ1) is 25.0. The Kier molecular flexibility index (Phi) is 15.5. The number of benzene rings is 1. The van der Waals surface area contributed by atoms with Crippen molar-refractivity contribution >= 4 is 12.0 Å². The first-order valence-corrected chi connectivity index (χ1v) is 11.5. The van der Waals surface area contributed by atoms with Crippen molar-refractivity contribution in [3.8, 4) is 0 Å². The number of amides is 2. The molecule has 5 nitrogen and oxygen atoms in total. The molecular weight excluding hydrogens is 364 g/mol. The summed E-state index contributed by atoms with van der Waals surface area (Å²) >= 11 is 0. The number of urea groups is 1. The number of hydrogen-bond donors (Lipinski definition) is 3. The second kappa shape index (κ2) is 18.0. The van der Waals surface area contributed by atoms with Crippen LogP contribution in [0.2, 0.25) is 0 Å². The topological polar surface area (TPSA) is 78.4 Å². The summed E-state index contributed by atoms with van der Waals surface area (Å²) in [6, 6.07) is 9.84. The Morgan fingerprint density at radius 2 is 1.14 bits per heavy atom. The molecule has 164 valence electrons. The van der Waals surface area contributed by atoms with Gasteiger partial charge in [-0.1, -0.05) is 101 Å². The molecule has 29 heavy (non-hydrogen) atoms. The fourth-order valence-electron chi connectivity index (χ4n) is 3.39. The summed E-state index contributed by atoms with van der Waals surface area (Å²) in [4.78, 5) is 22.1. The van der Waals surface area contributed by atoms with Crippen molar-refractivity contribution in [3.05, 3.63) is 35.9 Å². The summed E-state index contributed by atoms with van der Waals surface area (Å²) in [6.07, 6.45) is 15.9. The third-order valence-corrected chi connectivity index (χ3v) is 5.15. The number of unbranched alkanes of at least 4 members (excludes halogenated alkanes) is 12. The predicted molar refractivity (Wildman–Crippen MR) is 119 cm³/mol. The number of carboxylic acids is 1. The van der Waals surface area contributed by atoms with Crippen LogP contribution >= 0.6 is 0 Å². The van der Waals surface area contributed by atoms with Gasteiger partial charge in [0.1, 0.15) is 0 Å². The van der Waals surface area contributed by atoms with Crippen molar-refractivity contribution in [3.63, 3.8) is 0 Å². The highest BCUT2D eigenvalue weighted by Gasteiger charge is 2.00. The van der Waals surface area contributed by atoms with Gasteiger partial charge in [-0.15, -0.1) is 0 Å². The average Bonchev–Trinajstić information content (AvgIpc) is 2.72. The number of nitrogens with one attached hydrogen (secondary N) is 2. The quantitative estimate of drug-likeness (QED) is 0.261. The largest absolute Gasteiger partial charge is 0.481 e. The van der Waals surface area contributed by atoms with Crippen LogP contribution < -0.4 is 10.6 Å². The van der Waals surface area contributed by atoms with Gasteiger partial charge in [0.2, 0.25) is 0 Å². The van der Waals surface area contributed by atoms with E-state index in [1.807, 2.05) is 30.3 Å². The number of hydrogen-bond acceptors (Lipinski definition) is 2. The van der Waals surface area contributed by atoms with E-state index in [1.165, 1.54) is 64.2 Å². The molecule has 0 radical (unpaired) electrons. The molecule has 0 bridgehead atoms. The lowest BCUT2D eigenvalue weighted by molar-refractivity contribution is -0.137. The van der Waals surface area contributed by atoms with Gasteiger partial charge in [0, 0.05) is 19.5 Å². The fourth-order valence-corrected chi connectivity index (χ4v) is 3.39. The minimum atomic E-state index is -0.675. The van der Waals surface area contributed by atoms with Gasteiger partial charge in [-0.05, 0) is 18.4 Å². The SMILES string of the molecule is O=C(O)CCCCCCCCCCCCCCCNC(=O)NCc1ccccc1. The van der Waals surface area contributed by atoms with Gasteiger partial charge in [-0.2, -0.15) is 0 Å². The lowest BCUT2D eigenvalue weighted by atomic mass is 10.0. The highest BCUT2D eigenvalue weighted by Crippen LogP contribution is 2.12. The highest BCUT2D eigenvalue weighted by atomic mass is 16.4. The van der Waals surface area contributed by atoms with Gasteiger partial charge in [-0.25, -0.2) is 4.79 Å². The van der Waals surface area contributed by atoms with Crippen LogP contribution in [-0.2, 0) is 11.3 Å². The third kappa shape index (κ3) is 16.6. The molecule has 5 heteroatoms. The summed E-state index contributed by atoms with van der Waals surface area (Å²) in [5.41, 5.74) is 1.11. The molecule has 1 aromatic rings. The monoisotopic (exact) mass is 404 g/mol. The maximum absolute atomic E-state index is 11.7. The highest BCUT2D eigenvalue weighted by molar-refractivity contribution is 5.73. The second-order valence-corrected chi connectivity index (χ2v) is 7.83. The van der Waals surface area contributed by atoms with E-state index in [0.29, 0.717) is 13.0 Å². The Morgan fingerprint density at radius 3 is 1.66 bits per heavy atom. The van der Waals surface area contributed by atoms with Crippen LogP contribution in [-0.4, -0.2) is 23.7 Å². The molecule has 0 aliphatic heterocycles. The number of carboxylic acid groups (broad SMARTS) is 1. The zero-order valence-corrected chi connectivity index (χ0v) is 18.0. The lowest BCUT2D eigenvalue weighted by Crippen LogP contribution is -2.35. The van der Waals surface area contributed by atoms with Crippen molar-refractivity contribution in [2.75, 3.05) is 6.54 Å². The van der Waals surface area contributed by atoms with E-state index < -0.39 is 5.97 Å². The van der Waals surface area contributed by atoms with Gasteiger partial charge < -0.3 is 15.7 Å². The number of carbonyl (C=O) groups is 2. The first-order valence-electron chi connectivity index (χ1n) is 11.5. The van der Waals surface area contributed by atoms with Crippen molar-refractivity contribution in [1.82, 2.24) is 10.6 Å². The molecule has 2 amide bonds. The molecule has 0 heterocycles.